The highest BCUT2D eigenvalue weighted by atomic mass is 35.5. The molecule has 2 N–H and O–H groups in total. The van der Waals surface area contributed by atoms with Gasteiger partial charge in [0.05, 0.1) is 11.6 Å². The first-order valence-corrected chi connectivity index (χ1v) is 11.0. The molecule has 1 aromatic heterocycles. The molecular formula is C23H22ClF3N4O3. The van der Waals surface area contributed by atoms with Gasteiger partial charge in [-0.1, -0.05) is 11.6 Å². The Morgan fingerprint density at radius 3 is 2.47 bits per heavy atom. The van der Waals surface area contributed by atoms with Gasteiger partial charge in [-0.15, -0.1) is 10.2 Å². The van der Waals surface area contributed by atoms with Crippen LogP contribution in [-0.4, -0.2) is 34.8 Å². The molecule has 1 amide bonds. The molecule has 1 aliphatic rings. The summed E-state index contributed by atoms with van der Waals surface area (Å²) in [4.78, 5) is 12.5. The van der Waals surface area contributed by atoms with Crippen LogP contribution in [0.2, 0.25) is 5.02 Å². The van der Waals surface area contributed by atoms with Crippen molar-refractivity contribution in [3.8, 4) is 17.2 Å². The number of rotatable bonds is 6. The fraction of sp³-hybridized carbons (Fsp3) is 0.348. The minimum absolute atomic E-state index is 0.0997. The van der Waals surface area contributed by atoms with E-state index < -0.39 is 17.8 Å². The van der Waals surface area contributed by atoms with Crippen LogP contribution in [0.5, 0.6) is 5.75 Å². The number of piperidine rings is 1. The lowest BCUT2D eigenvalue weighted by atomic mass is 10.0. The first-order chi connectivity index (χ1) is 16.2. The van der Waals surface area contributed by atoms with Gasteiger partial charge in [0.25, 0.3) is 5.91 Å². The predicted octanol–water partition coefficient (Wildman–Crippen LogP) is 4.79. The van der Waals surface area contributed by atoms with Crippen molar-refractivity contribution in [3.05, 3.63) is 65.0 Å². The van der Waals surface area contributed by atoms with Crippen LogP contribution in [0.3, 0.4) is 0 Å². The molecule has 0 aliphatic carbocycles. The van der Waals surface area contributed by atoms with Gasteiger partial charge in [0.15, 0.2) is 6.10 Å². The zero-order valence-electron chi connectivity index (χ0n) is 18.1. The SMILES string of the molecule is C[C@H](Oc1ccc(Cl)cc1)C(=O)N[C@H]1CC[C@H](c2nnc(-c3ccc(C(F)(F)F)cc3)o2)NC1. The largest absolute Gasteiger partial charge is 0.481 e. The summed E-state index contributed by atoms with van der Waals surface area (Å²) in [5.74, 6) is 0.810. The molecule has 2 aromatic carbocycles. The van der Waals surface area contributed by atoms with Gasteiger partial charge in [-0.3, -0.25) is 4.79 Å². The van der Waals surface area contributed by atoms with Crippen molar-refractivity contribution in [3.63, 3.8) is 0 Å². The second-order valence-corrected chi connectivity index (χ2v) is 8.41. The number of carbonyl (C=O) groups excluding carboxylic acids is 1. The number of hydrogen-bond acceptors (Lipinski definition) is 6. The summed E-state index contributed by atoms with van der Waals surface area (Å²) in [6.45, 7) is 2.16. The van der Waals surface area contributed by atoms with Gasteiger partial charge in [-0.05, 0) is 68.3 Å². The third kappa shape index (κ3) is 5.87. The van der Waals surface area contributed by atoms with Crippen molar-refractivity contribution >= 4 is 17.5 Å². The molecule has 7 nitrogen and oxygen atoms in total. The maximum absolute atomic E-state index is 12.7. The third-order valence-corrected chi connectivity index (χ3v) is 5.71. The lowest BCUT2D eigenvalue weighted by molar-refractivity contribution is -0.137. The highest BCUT2D eigenvalue weighted by Crippen LogP contribution is 2.31. The summed E-state index contributed by atoms with van der Waals surface area (Å²) >= 11 is 5.85. The Labute approximate surface area is 198 Å². The van der Waals surface area contributed by atoms with E-state index in [1.807, 2.05) is 0 Å². The molecule has 0 bridgehead atoms. The van der Waals surface area contributed by atoms with E-state index in [0.717, 1.165) is 12.1 Å². The standard InChI is InChI=1S/C23H22ClF3N4O3/c1-13(33-18-9-6-16(24)7-10-18)20(32)29-17-8-11-19(28-12-17)22-31-30-21(34-22)14-2-4-15(5-3-14)23(25,26)27/h2-7,9-10,13,17,19,28H,8,11-12H2,1H3,(H,29,32)/t13-,17-,19+/m0/s1. The Morgan fingerprint density at radius 1 is 1.15 bits per heavy atom. The summed E-state index contributed by atoms with van der Waals surface area (Å²) in [5, 5.41) is 14.8. The van der Waals surface area contributed by atoms with Crippen LogP contribution in [0.4, 0.5) is 13.2 Å². The number of aromatic nitrogens is 2. The van der Waals surface area contributed by atoms with E-state index in [9.17, 15) is 18.0 Å². The third-order valence-electron chi connectivity index (χ3n) is 5.45. The summed E-state index contributed by atoms with van der Waals surface area (Å²) < 4.78 is 49.5. The van der Waals surface area contributed by atoms with Gasteiger partial charge < -0.3 is 19.8 Å². The maximum Gasteiger partial charge on any atom is 0.416 e. The molecule has 1 fully saturated rings. The number of carbonyl (C=O) groups is 1. The number of nitrogens with one attached hydrogen (secondary N) is 2. The predicted molar refractivity (Wildman–Crippen MR) is 118 cm³/mol. The number of amides is 1. The molecule has 3 atom stereocenters. The fourth-order valence-corrected chi connectivity index (χ4v) is 3.70. The number of hydrogen-bond donors (Lipinski definition) is 2. The van der Waals surface area contributed by atoms with Crippen molar-refractivity contribution in [1.29, 1.82) is 0 Å². The Balaban J connectivity index is 1.28. The molecule has 2 heterocycles. The van der Waals surface area contributed by atoms with E-state index in [4.69, 9.17) is 20.8 Å². The van der Waals surface area contributed by atoms with Gasteiger partial charge >= 0.3 is 6.18 Å². The normalized spacial score (nSPS) is 19.4. The van der Waals surface area contributed by atoms with Crippen molar-refractivity contribution in [2.75, 3.05) is 6.54 Å². The van der Waals surface area contributed by atoms with Crippen LogP contribution in [0, 0.1) is 0 Å². The number of ether oxygens (including phenoxy) is 1. The highest BCUT2D eigenvalue weighted by Gasteiger charge is 2.31. The molecule has 34 heavy (non-hydrogen) atoms. The Morgan fingerprint density at radius 2 is 1.85 bits per heavy atom. The van der Waals surface area contributed by atoms with Gasteiger partial charge in [0.1, 0.15) is 5.75 Å². The molecule has 0 spiro atoms. The summed E-state index contributed by atoms with van der Waals surface area (Å²) in [5.41, 5.74) is -0.340. The van der Waals surface area contributed by atoms with Crippen molar-refractivity contribution in [2.24, 2.45) is 0 Å². The highest BCUT2D eigenvalue weighted by molar-refractivity contribution is 6.30. The van der Waals surface area contributed by atoms with Gasteiger partial charge in [0.2, 0.25) is 11.8 Å². The first kappa shape index (κ1) is 24.0. The topological polar surface area (TPSA) is 89.3 Å². The minimum atomic E-state index is -4.41. The lowest BCUT2D eigenvalue weighted by Gasteiger charge is -2.29. The molecule has 0 radical (unpaired) electrons. The Kier molecular flexibility index (Phi) is 7.08. The summed E-state index contributed by atoms with van der Waals surface area (Å²) in [6.07, 6.45) is -3.78. The van der Waals surface area contributed by atoms with Crippen LogP contribution in [0.15, 0.2) is 52.9 Å². The van der Waals surface area contributed by atoms with Crippen molar-refractivity contribution in [1.82, 2.24) is 20.8 Å². The molecule has 1 saturated heterocycles. The summed E-state index contributed by atoms with van der Waals surface area (Å²) in [7, 11) is 0. The molecule has 1 aliphatic heterocycles. The zero-order valence-corrected chi connectivity index (χ0v) is 18.9. The van der Waals surface area contributed by atoms with E-state index >= 15 is 0 Å². The monoisotopic (exact) mass is 494 g/mol. The van der Waals surface area contributed by atoms with Crippen LogP contribution in [-0.2, 0) is 11.0 Å². The zero-order chi connectivity index (χ0) is 24.3. The van der Waals surface area contributed by atoms with Crippen LogP contribution >= 0.6 is 11.6 Å². The quantitative estimate of drug-likeness (QED) is 0.512. The van der Waals surface area contributed by atoms with Gasteiger partial charge in [-0.2, -0.15) is 13.2 Å². The molecule has 0 unspecified atom stereocenters. The number of alkyl halides is 3. The maximum atomic E-state index is 12.7. The van der Waals surface area contributed by atoms with E-state index in [-0.39, 0.29) is 23.9 Å². The van der Waals surface area contributed by atoms with Crippen LogP contribution in [0.25, 0.3) is 11.5 Å². The number of halogens is 4. The number of benzene rings is 2. The van der Waals surface area contributed by atoms with E-state index in [1.165, 1.54) is 12.1 Å². The van der Waals surface area contributed by atoms with E-state index in [2.05, 4.69) is 20.8 Å². The molecule has 3 aromatic rings. The second-order valence-electron chi connectivity index (χ2n) is 7.98. The first-order valence-electron chi connectivity index (χ1n) is 10.7. The number of nitrogens with zero attached hydrogens (tertiary/aromatic N) is 2. The van der Waals surface area contributed by atoms with E-state index in [1.54, 1.807) is 31.2 Å². The van der Waals surface area contributed by atoms with Gasteiger partial charge in [0, 0.05) is 23.2 Å². The lowest BCUT2D eigenvalue weighted by Crippen LogP contribution is -2.50. The molecule has 11 heteroatoms. The second kappa shape index (κ2) is 10.0. The smallest absolute Gasteiger partial charge is 0.416 e. The van der Waals surface area contributed by atoms with Crippen LogP contribution in [0.1, 0.15) is 37.3 Å². The molecular weight excluding hydrogens is 473 g/mol. The van der Waals surface area contributed by atoms with Crippen LogP contribution < -0.4 is 15.4 Å². The Hall–Kier alpha value is -3.11. The summed E-state index contributed by atoms with van der Waals surface area (Å²) in [6, 6.07) is 11.0. The average molecular weight is 495 g/mol. The average Bonchev–Trinajstić information content (AvgIpc) is 3.31. The fourth-order valence-electron chi connectivity index (χ4n) is 3.57. The molecule has 4 rings (SSSR count). The molecule has 0 saturated carbocycles. The molecule has 180 valence electrons. The Bertz CT molecular complexity index is 1110. The van der Waals surface area contributed by atoms with E-state index in [0.29, 0.717) is 41.6 Å². The van der Waals surface area contributed by atoms with Crippen molar-refractivity contribution in [2.45, 2.75) is 44.1 Å². The minimum Gasteiger partial charge on any atom is -0.481 e. The van der Waals surface area contributed by atoms with Crippen molar-refractivity contribution < 1.29 is 27.1 Å². The van der Waals surface area contributed by atoms with Gasteiger partial charge in [-0.25, -0.2) is 0 Å².